The number of hydrogen-bond acceptors (Lipinski definition) is 6. The molecule has 2 aromatic rings. The number of nitrogens with one attached hydrogen (secondary N) is 2. The molecule has 0 bridgehead atoms. The summed E-state index contributed by atoms with van der Waals surface area (Å²) in [5.74, 6) is 0.477. The standard InChI is InChI=1S/C24H28N2O5S/c1-30-20-11-10-16(15-5-2-6-15)23-22(20)18(12-14-31-23)24(27)26-32(28,29)21-9-3-8-19-17(21)7-4-13-25-19/h3,8-11,15,18,25H,2,4-7,12-14H2,1H3,(H,26,27)/t18-/m0/s1. The molecule has 1 saturated carbocycles. The number of methoxy groups -OCH3 is 1. The van der Waals surface area contributed by atoms with Gasteiger partial charge in [0.25, 0.3) is 10.0 Å². The Morgan fingerprint density at radius 3 is 2.75 bits per heavy atom. The summed E-state index contributed by atoms with van der Waals surface area (Å²) in [6.07, 6.45) is 5.28. The quantitative estimate of drug-likeness (QED) is 0.713. The van der Waals surface area contributed by atoms with Crippen LogP contribution in [-0.4, -0.2) is 34.6 Å². The van der Waals surface area contributed by atoms with Gasteiger partial charge in [-0.25, -0.2) is 13.1 Å². The first-order chi connectivity index (χ1) is 15.5. The van der Waals surface area contributed by atoms with E-state index in [0.29, 0.717) is 42.4 Å². The summed E-state index contributed by atoms with van der Waals surface area (Å²) in [5, 5.41) is 3.24. The van der Waals surface area contributed by atoms with Crippen LogP contribution in [0.2, 0.25) is 0 Å². The fourth-order valence-electron chi connectivity index (χ4n) is 4.98. The van der Waals surface area contributed by atoms with E-state index in [1.165, 1.54) is 6.42 Å². The highest BCUT2D eigenvalue weighted by Gasteiger charge is 2.37. The number of benzene rings is 2. The van der Waals surface area contributed by atoms with Crippen LogP contribution in [0, 0.1) is 0 Å². The van der Waals surface area contributed by atoms with Gasteiger partial charge in [-0.15, -0.1) is 0 Å². The van der Waals surface area contributed by atoms with Gasteiger partial charge in [-0.2, -0.15) is 0 Å². The van der Waals surface area contributed by atoms with Crippen molar-refractivity contribution in [2.24, 2.45) is 0 Å². The van der Waals surface area contributed by atoms with Gasteiger partial charge in [0, 0.05) is 17.8 Å². The fraction of sp³-hybridized carbons (Fsp3) is 0.458. The molecule has 3 aliphatic rings. The molecule has 2 heterocycles. The predicted molar refractivity (Wildman–Crippen MR) is 121 cm³/mol. The highest BCUT2D eigenvalue weighted by Crippen LogP contribution is 2.49. The first kappa shape index (κ1) is 21.1. The van der Waals surface area contributed by atoms with E-state index in [0.717, 1.165) is 42.6 Å². The minimum atomic E-state index is -4.01. The molecule has 0 saturated heterocycles. The number of amides is 1. The van der Waals surface area contributed by atoms with E-state index in [-0.39, 0.29) is 4.90 Å². The van der Waals surface area contributed by atoms with Gasteiger partial charge in [0.1, 0.15) is 11.5 Å². The molecule has 1 aliphatic carbocycles. The average Bonchev–Trinajstić information content (AvgIpc) is 2.77. The third-order valence-corrected chi connectivity index (χ3v) is 8.28. The van der Waals surface area contributed by atoms with E-state index in [9.17, 15) is 13.2 Å². The zero-order chi connectivity index (χ0) is 22.3. The molecule has 1 fully saturated rings. The normalized spacial score (nSPS) is 20.1. The minimum absolute atomic E-state index is 0.165. The summed E-state index contributed by atoms with van der Waals surface area (Å²) in [6, 6.07) is 9.02. The molecule has 8 heteroatoms. The highest BCUT2D eigenvalue weighted by molar-refractivity contribution is 7.90. The Hall–Kier alpha value is -2.74. The number of carbonyl (C=O) groups is 1. The van der Waals surface area contributed by atoms with E-state index >= 15 is 0 Å². The summed E-state index contributed by atoms with van der Waals surface area (Å²) in [4.78, 5) is 13.5. The van der Waals surface area contributed by atoms with Crippen LogP contribution in [0.5, 0.6) is 11.5 Å². The van der Waals surface area contributed by atoms with Crippen molar-refractivity contribution in [3.05, 3.63) is 47.0 Å². The second-order valence-corrected chi connectivity index (χ2v) is 10.4. The molecule has 2 N–H and O–H groups in total. The van der Waals surface area contributed by atoms with Crippen molar-refractivity contribution in [3.63, 3.8) is 0 Å². The topological polar surface area (TPSA) is 93.7 Å². The van der Waals surface area contributed by atoms with Crippen molar-refractivity contribution in [1.29, 1.82) is 0 Å². The molecular weight excluding hydrogens is 428 g/mol. The monoisotopic (exact) mass is 456 g/mol. The molecule has 170 valence electrons. The van der Waals surface area contributed by atoms with E-state index < -0.39 is 21.8 Å². The zero-order valence-corrected chi connectivity index (χ0v) is 19.0. The summed E-state index contributed by atoms with van der Waals surface area (Å²) in [7, 11) is -2.46. The molecule has 0 spiro atoms. The molecular formula is C24H28N2O5S. The number of rotatable bonds is 5. The molecule has 2 aliphatic heterocycles. The van der Waals surface area contributed by atoms with Gasteiger partial charge in [-0.05, 0) is 67.3 Å². The van der Waals surface area contributed by atoms with E-state index in [1.54, 1.807) is 19.2 Å². The molecule has 0 aromatic heterocycles. The summed E-state index contributed by atoms with van der Waals surface area (Å²) < 4.78 is 40.4. The van der Waals surface area contributed by atoms with Crippen LogP contribution in [0.15, 0.2) is 35.2 Å². The number of ether oxygens (including phenoxy) is 2. The Bertz CT molecular complexity index is 1160. The third-order valence-electron chi connectivity index (χ3n) is 6.85. The van der Waals surface area contributed by atoms with Crippen LogP contribution in [-0.2, 0) is 21.2 Å². The third kappa shape index (κ3) is 3.60. The van der Waals surface area contributed by atoms with Crippen molar-refractivity contribution in [2.45, 2.75) is 55.3 Å². The number of hydrogen-bond donors (Lipinski definition) is 2. The predicted octanol–water partition coefficient (Wildman–Crippen LogP) is 3.69. The van der Waals surface area contributed by atoms with Crippen LogP contribution in [0.1, 0.15) is 60.6 Å². The highest BCUT2D eigenvalue weighted by atomic mass is 32.2. The van der Waals surface area contributed by atoms with E-state index in [4.69, 9.17) is 9.47 Å². The molecule has 2 aromatic carbocycles. The van der Waals surface area contributed by atoms with Crippen molar-refractivity contribution in [3.8, 4) is 11.5 Å². The Labute approximate surface area is 188 Å². The van der Waals surface area contributed by atoms with Crippen molar-refractivity contribution < 1.29 is 22.7 Å². The first-order valence-corrected chi connectivity index (χ1v) is 12.7. The van der Waals surface area contributed by atoms with E-state index in [1.807, 2.05) is 18.2 Å². The van der Waals surface area contributed by atoms with Gasteiger partial charge in [0.05, 0.1) is 24.5 Å². The summed E-state index contributed by atoms with van der Waals surface area (Å²) in [5.41, 5.74) is 3.30. The molecule has 5 rings (SSSR count). The fourth-order valence-corrected chi connectivity index (χ4v) is 6.29. The maximum Gasteiger partial charge on any atom is 0.264 e. The maximum atomic E-state index is 13.3. The number of anilines is 1. The van der Waals surface area contributed by atoms with Crippen LogP contribution >= 0.6 is 0 Å². The first-order valence-electron chi connectivity index (χ1n) is 11.3. The lowest BCUT2D eigenvalue weighted by molar-refractivity contribution is -0.121. The number of carbonyl (C=O) groups excluding carboxylic acids is 1. The largest absolute Gasteiger partial charge is 0.496 e. The molecule has 0 radical (unpaired) electrons. The van der Waals surface area contributed by atoms with Crippen molar-refractivity contribution in [1.82, 2.24) is 4.72 Å². The molecule has 0 unspecified atom stereocenters. The SMILES string of the molecule is COc1ccc(C2CCC2)c2c1[C@@H](C(=O)NS(=O)(=O)c1cccc3c1CCCN3)CCO2. The van der Waals surface area contributed by atoms with Crippen molar-refractivity contribution >= 4 is 21.6 Å². The van der Waals surface area contributed by atoms with Crippen LogP contribution < -0.4 is 19.5 Å². The second kappa shape index (κ2) is 8.31. The number of fused-ring (bicyclic) bond motifs is 2. The molecule has 1 amide bonds. The zero-order valence-electron chi connectivity index (χ0n) is 18.1. The van der Waals surface area contributed by atoms with Crippen LogP contribution in [0.3, 0.4) is 0 Å². The van der Waals surface area contributed by atoms with Gasteiger partial charge >= 0.3 is 0 Å². The second-order valence-electron chi connectivity index (χ2n) is 8.70. The number of sulfonamides is 1. The van der Waals surface area contributed by atoms with Gasteiger partial charge in [-0.1, -0.05) is 18.6 Å². The lowest BCUT2D eigenvalue weighted by Gasteiger charge is -2.33. The Morgan fingerprint density at radius 2 is 2.00 bits per heavy atom. The minimum Gasteiger partial charge on any atom is -0.496 e. The summed E-state index contributed by atoms with van der Waals surface area (Å²) in [6.45, 7) is 1.17. The molecule has 32 heavy (non-hydrogen) atoms. The van der Waals surface area contributed by atoms with E-state index in [2.05, 4.69) is 10.0 Å². The van der Waals surface area contributed by atoms with Gasteiger partial charge in [0.15, 0.2) is 0 Å². The van der Waals surface area contributed by atoms with Crippen molar-refractivity contribution in [2.75, 3.05) is 25.6 Å². The lowest BCUT2D eigenvalue weighted by Crippen LogP contribution is -2.37. The Balaban J connectivity index is 1.48. The lowest BCUT2D eigenvalue weighted by atomic mass is 9.77. The summed E-state index contributed by atoms with van der Waals surface area (Å²) >= 11 is 0. The maximum absolute atomic E-state index is 13.3. The van der Waals surface area contributed by atoms with Crippen LogP contribution in [0.4, 0.5) is 5.69 Å². The molecule has 1 atom stereocenters. The average molecular weight is 457 g/mol. The Morgan fingerprint density at radius 1 is 1.16 bits per heavy atom. The van der Waals surface area contributed by atoms with Gasteiger partial charge in [0.2, 0.25) is 5.91 Å². The van der Waals surface area contributed by atoms with Crippen LogP contribution in [0.25, 0.3) is 0 Å². The smallest absolute Gasteiger partial charge is 0.264 e. The Kier molecular flexibility index (Phi) is 5.49. The molecule has 7 nitrogen and oxygen atoms in total. The van der Waals surface area contributed by atoms with Gasteiger partial charge < -0.3 is 14.8 Å². The van der Waals surface area contributed by atoms with Gasteiger partial charge in [-0.3, -0.25) is 4.79 Å².